The molecule has 0 radical (unpaired) electrons. The fourth-order valence-corrected chi connectivity index (χ4v) is 4.12. The zero-order valence-electron chi connectivity index (χ0n) is 13.2. The van der Waals surface area contributed by atoms with Gasteiger partial charge in [-0.1, -0.05) is 18.6 Å². The zero-order chi connectivity index (χ0) is 14.8. The summed E-state index contributed by atoms with van der Waals surface area (Å²) in [6.07, 6.45) is 6.35. The predicted octanol–water partition coefficient (Wildman–Crippen LogP) is 2.56. The molecular weight excluding hydrogens is 276 g/mol. The number of ether oxygens (including phenoxy) is 2. The summed E-state index contributed by atoms with van der Waals surface area (Å²) >= 11 is 0. The molecule has 120 valence electrons. The third kappa shape index (κ3) is 2.82. The molecule has 1 N–H and O–H groups in total. The van der Waals surface area contributed by atoms with E-state index in [1.165, 1.54) is 44.3 Å². The van der Waals surface area contributed by atoms with Crippen molar-refractivity contribution >= 4 is 0 Å². The fraction of sp³-hybridized carbons (Fsp3) is 0.667. The van der Waals surface area contributed by atoms with Crippen molar-refractivity contribution in [2.24, 2.45) is 0 Å². The van der Waals surface area contributed by atoms with Crippen LogP contribution < -0.4 is 14.8 Å². The van der Waals surface area contributed by atoms with Crippen LogP contribution in [0.5, 0.6) is 11.5 Å². The number of fused-ring (bicyclic) bond motifs is 2. The number of para-hydroxylation sites is 1. The second-order valence-corrected chi connectivity index (χ2v) is 6.67. The van der Waals surface area contributed by atoms with Gasteiger partial charge in [-0.25, -0.2) is 0 Å². The minimum atomic E-state index is 0.628. The average Bonchev–Trinajstić information content (AvgIpc) is 2.81. The SMILES string of the molecule is c1cc(CN[C@@H]2CCN3CCCC[C@@H]23)c2c(c1)OCCCO2. The summed E-state index contributed by atoms with van der Waals surface area (Å²) in [5.41, 5.74) is 1.23. The highest BCUT2D eigenvalue weighted by Crippen LogP contribution is 2.34. The van der Waals surface area contributed by atoms with Crippen LogP contribution in [0.2, 0.25) is 0 Å². The molecule has 3 aliphatic heterocycles. The summed E-state index contributed by atoms with van der Waals surface area (Å²) in [6, 6.07) is 7.62. The monoisotopic (exact) mass is 302 g/mol. The molecule has 4 rings (SSSR count). The number of nitrogens with one attached hydrogen (secondary N) is 1. The minimum Gasteiger partial charge on any atom is -0.490 e. The Morgan fingerprint density at radius 1 is 1.05 bits per heavy atom. The summed E-state index contributed by atoms with van der Waals surface area (Å²) in [5, 5.41) is 3.79. The first-order chi connectivity index (χ1) is 10.9. The van der Waals surface area contributed by atoms with E-state index in [2.05, 4.69) is 22.3 Å². The first kappa shape index (κ1) is 14.3. The Bertz CT molecular complexity index is 520. The van der Waals surface area contributed by atoms with Crippen LogP contribution in [0.3, 0.4) is 0 Å². The highest BCUT2D eigenvalue weighted by molar-refractivity contribution is 5.47. The summed E-state index contributed by atoms with van der Waals surface area (Å²) in [6.45, 7) is 4.93. The molecular formula is C18H26N2O2. The number of benzene rings is 1. The smallest absolute Gasteiger partial charge is 0.165 e. The number of nitrogens with zero attached hydrogens (tertiary/aromatic N) is 1. The van der Waals surface area contributed by atoms with Gasteiger partial charge < -0.3 is 14.8 Å². The van der Waals surface area contributed by atoms with Gasteiger partial charge in [0.15, 0.2) is 11.5 Å². The van der Waals surface area contributed by atoms with Crippen molar-refractivity contribution in [3.63, 3.8) is 0 Å². The Balaban J connectivity index is 1.43. The molecule has 3 aliphatic rings. The largest absolute Gasteiger partial charge is 0.490 e. The van der Waals surface area contributed by atoms with Gasteiger partial charge in [0.1, 0.15) is 0 Å². The van der Waals surface area contributed by atoms with Gasteiger partial charge in [0.2, 0.25) is 0 Å². The molecule has 2 fully saturated rings. The highest BCUT2D eigenvalue weighted by Gasteiger charge is 2.35. The number of hydrogen-bond acceptors (Lipinski definition) is 4. The summed E-state index contributed by atoms with van der Waals surface area (Å²) in [4.78, 5) is 2.67. The second kappa shape index (κ2) is 6.47. The molecule has 0 aromatic heterocycles. The van der Waals surface area contributed by atoms with Crippen LogP contribution in [-0.4, -0.2) is 43.3 Å². The third-order valence-corrected chi connectivity index (χ3v) is 5.26. The molecule has 22 heavy (non-hydrogen) atoms. The number of hydrogen-bond donors (Lipinski definition) is 1. The maximum absolute atomic E-state index is 5.93. The first-order valence-corrected chi connectivity index (χ1v) is 8.77. The second-order valence-electron chi connectivity index (χ2n) is 6.67. The lowest BCUT2D eigenvalue weighted by molar-refractivity contribution is 0.180. The maximum Gasteiger partial charge on any atom is 0.165 e. The molecule has 1 aromatic rings. The lowest BCUT2D eigenvalue weighted by atomic mass is 9.99. The van der Waals surface area contributed by atoms with Crippen molar-refractivity contribution in [2.75, 3.05) is 26.3 Å². The van der Waals surface area contributed by atoms with Crippen LogP contribution in [0.4, 0.5) is 0 Å². The van der Waals surface area contributed by atoms with E-state index in [0.29, 0.717) is 6.04 Å². The van der Waals surface area contributed by atoms with Gasteiger partial charge in [-0.2, -0.15) is 0 Å². The van der Waals surface area contributed by atoms with Crippen LogP contribution in [0.15, 0.2) is 18.2 Å². The summed E-state index contributed by atoms with van der Waals surface area (Å²) in [7, 11) is 0. The summed E-state index contributed by atoms with van der Waals surface area (Å²) in [5.74, 6) is 1.86. The molecule has 1 aromatic carbocycles. The topological polar surface area (TPSA) is 33.7 Å². The quantitative estimate of drug-likeness (QED) is 0.930. The van der Waals surface area contributed by atoms with E-state index in [9.17, 15) is 0 Å². The lowest BCUT2D eigenvalue weighted by Gasteiger charge is -2.32. The Kier molecular flexibility index (Phi) is 4.22. The van der Waals surface area contributed by atoms with E-state index in [-0.39, 0.29) is 0 Å². The standard InChI is InChI=1S/C18H26N2O2/c1-2-9-20-10-8-15(16(20)6-1)19-13-14-5-3-7-17-18(14)22-12-4-11-21-17/h3,5,7,15-16,19H,1-2,4,6,8-13H2/t15-,16+/m1/s1. The lowest BCUT2D eigenvalue weighted by Crippen LogP contribution is -2.44. The predicted molar refractivity (Wildman–Crippen MR) is 86.5 cm³/mol. The Morgan fingerprint density at radius 2 is 2.00 bits per heavy atom. The molecule has 0 aliphatic carbocycles. The van der Waals surface area contributed by atoms with Gasteiger partial charge >= 0.3 is 0 Å². The Hall–Kier alpha value is -1.26. The normalized spacial score (nSPS) is 28.2. The highest BCUT2D eigenvalue weighted by atomic mass is 16.5. The van der Waals surface area contributed by atoms with Crippen LogP contribution in [0.1, 0.15) is 37.7 Å². The molecule has 0 spiro atoms. The first-order valence-electron chi connectivity index (χ1n) is 8.77. The van der Waals surface area contributed by atoms with Gasteiger partial charge in [-0.3, -0.25) is 4.90 Å². The van der Waals surface area contributed by atoms with Crippen molar-refractivity contribution in [2.45, 2.75) is 50.7 Å². The van der Waals surface area contributed by atoms with Gasteiger partial charge in [-0.05, 0) is 31.9 Å². The molecule has 4 nitrogen and oxygen atoms in total. The zero-order valence-corrected chi connectivity index (χ0v) is 13.2. The summed E-state index contributed by atoms with van der Waals surface area (Å²) < 4.78 is 11.7. The van der Waals surface area contributed by atoms with Crippen molar-refractivity contribution in [1.82, 2.24) is 10.2 Å². The van der Waals surface area contributed by atoms with Crippen LogP contribution in [0, 0.1) is 0 Å². The molecule has 0 saturated carbocycles. The number of piperidine rings is 1. The maximum atomic E-state index is 5.93. The van der Waals surface area contributed by atoms with Crippen molar-refractivity contribution in [3.05, 3.63) is 23.8 Å². The molecule has 0 unspecified atom stereocenters. The van der Waals surface area contributed by atoms with Gasteiger partial charge in [0.25, 0.3) is 0 Å². The van der Waals surface area contributed by atoms with Crippen LogP contribution in [0.25, 0.3) is 0 Å². The van der Waals surface area contributed by atoms with Gasteiger partial charge in [0.05, 0.1) is 13.2 Å². The van der Waals surface area contributed by atoms with Gasteiger partial charge in [-0.15, -0.1) is 0 Å². The molecule has 0 amide bonds. The molecule has 3 heterocycles. The van der Waals surface area contributed by atoms with E-state index in [0.717, 1.165) is 43.7 Å². The minimum absolute atomic E-state index is 0.628. The van der Waals surface area contributed by atoms with E-state index >= 15 is 0 Å². The third-order valence-electron chi connectivity index (χ3n) is 5.26. The van der Waals surface area contributed by atoms with E-state index in [4.69, 9.17) is 9.47 Å². The van der Waals surface area contributed by atoms with E-state index < -0.39 is 0 Å². The van der Waals surface area contributed by atoms with Crippen LogP contribution >= 0.6 is 0 Å². The van der Waals surface area contributed by atoms with Crippen molar-refractivity contribution in [3.8, 4) is 11.5 Å². The van der Waals surface area contributed by atoms with E-state index in [1.807, 2.05) is 6.07 Å². The van der Waals surface area contributed by atoms with Gasteiger partial charge in [0, 0.05) is 37.2 Å². The van der Waals surface area contributed by atoms with E-state index in [1.54, 1.807) is 0 Å². The molecule has 0 bridgehead atoms. The molecule has 2 atom stereocenters. The van der Waals surface area contributed by atoms with Crippen LogP contribution in [-0.2, 0) is 6.54 Å². The molecule has 2 saturated heterocycles. The fourth-order valence-electron chi connectivity index (χ4n) is 4.12. The Morgan fingerprint density at radius 3 is 3.00 bits per heavy atom. The molecule has 4 heteroatoms. The number of rotatable bonds is 3. The van der Waals surface area contributed by atoms with Crippen molar-refractivity contribution < 1.29 is 9.47 Å². The Labute approximate surface area is 132 Å². The average molecular weight is 302 g/mol. The van der Waals surface area contributed by atoms with Crippen molar-refractivity contribution in [1.29, 1.82) is 0 Å².